The molecule has 254 valence electrons. The van der Waals surface area contributed by atoms with E-state index in [2.05, 4.69) is 191 Å². The number of benzene rings is 7. The van der Waals surface area contributed by atoms with E-state index < -0.39 is 0 Å². The Morgan fingerprint density at radius 1 is 0.519 bits per heavy atom. The number of nitrogens with zero attached hydrogens (tertiary/aromatic N) is 3. The first-order valence-electron chi connectivity index (χ1n) is 18.6. The number of amidine groups is 2. The summed E-state index contributed by atoms with van der Waals surface area (Å²) < 4.78 is 11.3. The fourth-order valence-corrected chi connectivity index (χ4v) is 8.42. The Hall–Kier alpha value is -7.04. The number of para-hydroxylation sites is 2. The molecule has 0 spiro atoms. The maximum Gasteiger partial charge on any atom is 0.279 e. The average molecular weight is 693 g/mol. The molecule has 0 bridgehead atoms. The standard InChI is InChI=1S/C50H34N3O/c1-4-14-33(15-5-1)35-24-26-39(27-25-35)53-49(36-18-8-3-9-19-36)51-50(53)38-28-37(34-16-6-2-7-17-34)29-40(30-38)52-45-22-12-10-20-41(45)43-32-48-44(31-46(43)52)42-21-11-13-23-47(42)54-48/h1-29,31-32,40H,30H2/q+1. The first kappa shape index (κ1) is 30.6. The van der Waals surface area contributed by atoms with Crippen LogP contribution < -0.4 is 0 Å². The topological polar surface area (TPSA) is 33.4 Å². The van der Waals surface area contributed by atoms with E-state index in [-0.39, 0.29) is 6.04 Å². The molecule has 3 heterocycles. The fraction of sp³-hybridized carbons (Fsp3) is 0.0400. The van der Waals surface area contributed by atoms with Crippen LogP contribution in [-0.4, -0.2) is 20.8 Å². The molecule has 2 aliphatic rings. The van der Waals surface area contributed by atoms with E-state index in [4.69, 9.17) is 9.41 Å². The molecule has 0 saturated heterocycles. The van der Waals surface area contributed by atoms with Gasteiger partial charge in [0.25, 0.3) is 11.7 Å². The lowest BCUT2D eigenvalue weighted by Crippen LogP contribution is -2.36. The molecule has 0 amide bonds. The van der Waals surface area contributed by atoms with Gasteiger partial charge in [0, 0.05) is 39.1 Å². The molecule has 1 unspecified atom stereocenters. The second kappa shape index (κ2) is 12.3. The highest BCUT2D eigenvalue weighted by atomic mass is 16.3. The largest absolute Gasteiger partial charge is 0.456 e. The molecule has 4 nitrogen and oxygen atoms in total. The summed E-state index contributed by atoms with van der Waals surface area (Å²) in [4.78, 5) is 5.33. The molecule has 7 aromatic carbocycles. The van der Waals surface area contributed by atoms with Crippen LogP contribution in [0.5, 0.6) is 0 Å². The minimum absolute atomic E-state index is 0.0315. The van der Waals surface area contributed by atoms with Crippen LogP contribution in [-0.2, 0) is 0 Å². The average Bonchev–Trinajstić information content (AvgIpc) is 3.75. The Bertz CT molecular complexity index is 3030. The third kappa shape index (κ3) is 4.91. The molecular formula is C50H34N3O+. The Morgan fingerprint density at radius 2 is 1.15 bits per heavy atom. The van der Waals surface area contributed by atoms with Gasteiger partial charge in [-0.05, 0) is 76.9 Å². The first-order chi connectivity index (χ1) is 26.8. The molecule has 9 aromatic rings. The van der Waals surface area contributed by atoms with Gasteiger partial charge in [-0.1, -0.05) is 138 Å². The smallest absolute Gasteiger partial charge is 0.279 e. The van der Waals surface area contributed by atoms with Crippen molar-refractivity contribution in [2.75, 3.05) is 0 Å². The highest BCUT2D eigenvalue weighted by molar-refractivity contribution is 6.18. The number of aromatic nitrogens is 1. The number of furan rings is 1. The van der Waals surface area contributed by atoms with Gasteiger partial charge in [0.05, 0.1) is 17.1 Å². The summed E-state index contributed by atoms with van der Waals surface area (Å²) in [6.07, 6.45) is 5.59. The summed E-state index contributed by atoms with van der Waals surface area (Å²) in [5, 5.41) is 4.69. The van der Waals surface area contributed by atoms with Crippen molar-refractivity contribution in [1.29, 1.82) is 0 Å². The second-order valence-corrected chi connectivity index (χ2v) is 14.2. The van der Waals surface area contributed by atoms with Crippen LogP contribution in [0.3, 0.4) is 0 Å². The normalized spacial score (nSPS) is 15.8. The van der Waals surface area contributed by atoms with Gasteiger partial charge in [-0.25, -0.2) is 0 Å². The van der Waals surface area contributed by atoms with Crippen molar-refractivity contribution in [1.82, 2.24) is 4.57 Å². The van der Waals surface area contributed by atoms with Crippen LogP contribution in [0.15, 0.2) is 203 Å². The first-order valence-corrected chi connectivity index (χ1v) is 18.6. The summed E-state index contributed by atoms with van der Waals surface area (Å²) in [6, 6.07) is 62.4. The van der Waals surface area contributed by atoms with Crippen LogP contribution in [0.25, 0.3) is 60.4 Å². The number of hydrogen-bond acceptors (Lipinski definition) is 2. The van der Waals surface area contributed by atoms with Gasteiger partial charge in [-0.2, -0.15) is 4.58 Å². The zero-order valence-electron chi connectivity index (χ0n) is 29.4. The number of aliphatic imine (C=N–C) groups is 1. The summed E-state index contributed by atoms with van der Waals surface area (Å²) in [6.45, 7) is 0. The molecule has 4 heteroatoms. The van der Waals surface area contributed by atoms with Crippen LogP contribution in [0.2, 0.25) is 0 Å². The van der Waals surface area contributed by atoms with Crippen molar-refractivity contribution in [2.45, 2.75) is 12.5 Å². The van der Waals surface area contributed by atoms with E-state index in [1.165, 1.54) is 49.6 Å². The third-order valence-corrected chi connectivity index (χ3v) is 11.0. The van der Waals surface area contributed by atoms with E-state index in [0.717, 1.165) is 51.3 Å². The van der Waals surface area contributed by atoms with Gasteiger partial charge in [0.2, 0.25) is 0 Å². The van der Waals surface area contributed by atoms with Crippen molar-refractivity contribution in [3.8, 4) is 11.1 Å². The summed E-state index contributed by atoms with van der Waals surface area (Å²) >= 11 is 0. The summed E-state index contributed by atoms with van der Waals surface area (Å²) in [5.41, 5.74) is 12.4. The van der Waals surface area contributed by atoms with Crippen molar-refractivity contribution < 1.29 is 8.99 Å². The molecule has 2 aromatic heterocycles. The van der Waals surface area contributed by atoms with Gasteiger partial charge < -0.3 is 8.98 Å². The summed E-state index contributed by atoms with van der Waals surface area (Å²) in [5.74, 6) is 1.94. The Balaban J connectivity index is 1.08. The van der Waals surface area contributed by atoms with E-state index in [1.54, 1.807) is 0 Å². The lowest BCUT2D eigenvalue weighted by atomic mass is 9.89. The Kier molecular flexibility index (Phi) is 6.96. The van der Waals surface area contributed by atoms with Gasteiger partial charge in [-0.3, -0.25) is 0 Å². The number of allylic oxidation sites excluding steroid dienone is 3. The van der Waals surface area contributed by atoms with Crippen molar-refractivity contribution in [3.63, 3.8) is 0 Å². The molecule has 1 aliphatic heterocycles. The van der Waals surface area contributed by atoms with Gasteiger partial charge in [-0.15, -0.1) is 0 Å². The van der Waals surface area contributed by atoms with Crippen molar-refractivity contribution in [2.24, 2.45) is 4.99 Å². The highest BCUT2D eigenvalue weighted by Crippen LogP contribution is 2.43. The lowest BCUT2D eigenvalue weighted by Gasteiger charge is -2.28. The Morgan fingerprint density at radius 3 is 1.91 bits per heavy atom. The maximum absolute atomic E-state index is 6.39. The molecule has 0 N–H and O–H groups in total. The van der Waals surface area contributed by atoms with Gasteiger partial charge in [0.1, 0.15) is 16.9 Å². The van der Waals surface area contributed by atoms with E-state index in [0.29, 0.717) is 0 Å². The highest BCUT2D eigenvalue weighted by Gasteiger charge is 2.37. The second-order valence-electron chi connectivity index (χ2n) is 14.2. The molecule has 0 saturated carbocycles. The SMILES string of the molecule is C1=C(C2=NC(c3ccccc3)=[N+]2c2ccc(-c3ccccc3)cc2)CC(n2c3ccccc3c3cc4oc5ccccc5c4cc32)C=C1c1ccccc1. The fourth-order valence-electron chi connectivity index (χ4n) is 8.42. The predicted octanol–water partition coefficient (Wildman–Crippen LogP) is 12.5. The molecular weight excluding hydrogens is 659 g/mol. The number of hydrogen-bond donors (Lipinski definition) is 0. The molecule has 0 fully saturated rings. The number of fused-ring (bicyclic) bond motifs is 6. The third-order valence-electron chi connectivity index (χ3n) is 11.0. The molecule has 1 aliphatic carbocycles. The number of rotatable bonds is 6. The minimum atomic E-state index is 0.0315. The lowest BCUT2D eigenvalue weighted by molar-refractivity contribution is -0.320. The van der Waals surface area contributed by atoms with Gasteiger partial charge >= 0.3 is 0 Å². The monoisotopic (exact) mass is 692 g/mol. The van der Waals surface area contributed by atoms with E-state index in [9.17, 15) is 0 Å². The van der Waals surface area contributed by atoms with Crippen LogP contribution in [0.1, 0.15) is 23.6 Å². The summed E-state index contributed by atoms with van der Waals surface area (Å²) in [7, 11) is 0. The molecule has 1 atom stereocenters. The Labute approximate surface area is 312 Å². The predicted molar refractivity (Wildman–Crippen MR) is 223 cm³/mol. The van der Waals surface area contributed by atoms with Gasteiger partial charge in [0.15, 0.2) is 0 Å². The quantitative estimate of drug-likeness (QED) is 0.160. The molecule has 54 heavy (non-hydrogen) atoms. The van der Waals surface area contributed by atoms with Crippen LogP contribution in [0.4, 0.5) is 5.69 Å². The van der Waals surface area contributed by atoms with Crippen LogP contribution >= 0.6 is 0 Å². The van der Waals surface area contributed by atoms with Crippen LogP contribution in [0, 0.1) is 0 Å². The zero-order valence-corrected chi connectivity index (χ0v) is 29.4. The minimum Gasteiger partial charge on any atom is -0.456 e. The van der Waals surface area contributed by atoms with E-state index >= 15 is 0 Å². The molecule has 0 radical (unpaired) electrons. The maximum atomic E-state index is 6.39. The zero-order chi connectivity index (χ0) is 35.6. The van der Waals surface area contributed by atoms with Crippen molar-refractivity contribution >= 4 is 66.7 Å². The molecule has 11 rings (SSSR count). The van der Waals surface area contributed by atoms with E-state index in [1.807, 2.05) is 6.07 Å². The van der Waals surface area contributed by atoms with Crippen molar-refractivity contribution in [3.05, 3.63) is 205 Å².